The zero-order valence-electron chi connectivity index (χ0n) is 12.3. The largest absolute Gasteiger partial charge is 0.464 e. The molecule has 1 heterocycles. The van der Waals surface area contributed by atoms with Crippen LogP contribution in [0.25, 0.3) is 0 Å². The van der Waals surface area contributed by atoms with E-state index in [9.17, 15) is 9.59 Å². The van der Waals surface area contributed by atoms with E-state index in [2.05, 4.69) is 4.74 Å². The molecule has 19 heavy (non-hydrogen) atoms. The monoisotopic (exact) mass is 267 g/mol. The number of hydrogen-bond acceptors (Lipinski definition) is 4. The Morgan fingerprint density at radius 3 is 2.26 bits per heavy atom. The molecule has 1 aromatic heterocycles. The molecule has 0 aromatic carbocycles. The molecule has 0 aliphatic heterocycles. The van der Waals surface area contributed by atoms with Gasteiger partial charge in [-0.25, -0.2) is 14.2 Å². The van der Waals surface area contributed by atoms with Gasteiger partial charge in [0.25, 0.3) is 0 Å². The SMILES string of the molecule is COC(=O)c1cc(C(C)C)cn1C(=O)OC(C)(C)C. The predicted octanol–water partition coefficient (Wildman–Crippen LogP) is 3.18. The number of ether oxygens (including phenoxy) is 2. The van der Waals surface area contributed by atoms with Crippen molar-refractivity contribution in [1.82, 2.24) is 4.57 Å². The van der Waals surface area contributed by atoms with E-state index in [4.69, 9.17) is 4.74 Å². The van der Waals surface area contributed by atoms with Crippen molar-refractivity contribution in [2.24, 2.45) is 0 Å². The number of hydrogen-bond donors (Lipinski definition) is 0. The summed E-state index contributed by atoms with van der Waals surface area (Å²) >= 11 is 0. The number of rotatable bonds is 2. The molecule has 0 aliphatic carbocycles. The van der Waals surface area contributed by atoms with E-state index in [0.717, 1.165) is 5.56 Å². The van der Waals surface area contributed by atoms with E-state index >= 15 is 0 Å². The molecule has 0 aliphatic rings. The smallest absolute Gasteiger partial charge is 0.419 e. The van der Waals surface area contributed by atoms with Crippen LogP contribution in [0.1, 0.15) is 56.6 Å². The molecule has 0 N–H and O–H groups in total. The van der Waals surface area contributed by atoms with Gasteiger partial charge in [-0.1, -0.05) is 13.8 Å². The standard InChI is InChI=1S/C14H21NO4/c1-9(2)10-7-11(12(16)18-6)15(8-10)13(17)19-14(3,4)5/h7-9H,1-6H3. The summed E-state index contributed by atoms with van der Waals surface area (Å²) in [6.45, 7) is 9.28. The zero-order valence-corrected chi connectivity index (χ0v) is 12.3. The first-order chi connectivity index (χ1) is 8.65. The summed E-state index contributed by atoms with van der Waals surface area (Å²) < 4.78 is 11.2. The van der Waals surface area contributed by atoms with Gasteiger partial charge in [0.05, 0.1) is 7.11 Å². The maximum absolute atomic E-state index is 12.1. The summed E-state index contributed by atoms with van der Waals surface area (Å²) in [7, 11) is 1.28. The van der Waals surface area contributed by atoms with E-state index < -0.39 is 17.7 Å². The summed E-state index contributed by atoms with van der Waals surface area (Å²) in [6.07, 6.45) is 1.03. The Hall–Kier alpha value is -1.78. The molecule has 0 unspecified atom stereocenters. The van der Waals surface area contributed by atoms with Crippen molar-refractivity contribution in [3.63, 3.8) is 0 Å². The molecular weight excluding hydrogens is 246 g/mol. The Bertz CT molecular complexity index is 480. The second-order valence-corrected chi connectivity index (χ2v) is 5.66. The Morgan fingerprint density at radius 2 is 1.84 bits per heavy atom. The van der Waals surface area contributed by atoms with Gasteiger partial charge in [-0.15, -0.1) is 0 Å². The van der Waals surface area contributed by atoms with Crippen molar-refractivity contribution >= 4 is 12.1 Å². The highest BCUT2D eigenvalue weighted by molar-refractivity contribution is 5.92. The zero-order chi connectivity index (χ0) is 14.8. The highest BCUT2D eigenvalue weighted by atomic mass is 16.6. The molecule has 0 saturated heterocycles. The highest BCUT2D eigenvalue weighted by Gasteiger charge is 2.24. The lowest BCUT2D eigenvalue weighted by Gasteiger charge is -2.20. The number of nitrogens with zero attached hydrogens (tertiary/aromatic N) is 1. The van der Waals surface area contributed by atoms with E-state index in [1.165, 1.54) is 11.7 Å². The van der Waals surface area contributed by atoms with Crippen molar-refractivity contribution < 1.29 is 19.1 Å². The quantitative estimate of drug-likeness (QED) is 0.772. The lowest BCUT2D eigenvalue weighted by molar-refractivity contribution is 0.0483. The summed E-state index contributed by atoms with van der Waals surface area (Å²) in [4.78, 5) is 23.8. The van der Waals surface area contributed by atoms with Crippen LogP contribution in [0.4, 0.5) is 4.79 Å². The van der Waals surface area contributed by atoms with Gasteiger partial charge >= 0.3 is 12.1 Å². The number of carbonyl (C=O) groups excluding carboxylic acids is 2. The second kappa shape index (κ2) is 5.47. The molecule has 5 heteroatoms. The maximum Gasteiger partial charge on any atom is 0.419 e. The van der Waals surface area contributed by atoms with Gasteiger partial charge in [-0.05, 0) is 38.3 Å². The third-order valence-corrected chi connectivity index (χ3v) is 2.49. The van der Waals surface area contributed by atoms with Crippen molar-refractivity contribution in [3.8, 4) is 0 Å². The molecule has 0 fully saturated rings. The summed E-state index contributed by atoms with van der Waals surface area (Å²) in [6, 6.07) is 1.65. The molecule has 106 valence electrons. The van der Waals surface area contributed by atoms with E-state index in [1.807, 2.05) is 13.8 Å². The molecule has 0 radical (unpaired) electrons. The maximum atomic E-state index is 12.1. The average molecular weight is 267 g/mol. The van der Waals surface area contributed by atoms with Gasteiger partial charge in [0.1, 0.15) is 11.3 Å². The van der Waals surface area contributed by atoms with Gasteiger partial charge in [-0.3, -0.25) is 0 Å². The van der Waals surface area contributed by atoms with Crippen molar-refractivity contribution in [2.45, 2.75) is 46.1 Å². The number of aromatic nitrogens is 1. The van der Waals surface area contributed by atoms with Crippen molar-refractivity contribution in [1.29, 1.82) is 0 Å². The van der Waals surface area contributed by atoms with Crippen LogP contribution in [0.2, 0.25) is 0 Å². The second-order valence-electron chi connectivity index (χ2n) is 5.66. The first-order valence-electron chi connectivity index (χ1n) is 6.19. The lowest BCUT2D eigenvalue weighted by atomic mass is 10.1. The van der Waals surface area contributed by atoms with Crippen LogP contribution in [0.3, 0.4) is 0 Å². The number of esters is 1. The minimum atomic E-state index is -0.618. The molecule has 0 saturated carbocycles. The summed E-state index contributed by atoms with van der Waals surface area (Å²) in [5, 5.41) is 0. The van der Waals surface area contributed by atoms with Crippen LogP contribution in [-0.4, -0.2) is 29.3 Å². The van der Waals surface area contributed by atoms with Gasteiger partial charge < -0.3 is 9.47 Å². The van der Waals surface area contributed by atoms with Crippen molar-refractivity contribution in [2.75, 3.05) is 7.11 Å². The molecular formula is C14H21NO4. The highest BCUT2D eigenvalue weighted by Crippen LogP contribution is 2.20. The van der Waals surface area contributed by atoms with Crippen LogP contribution in [0.5, 0.6) is 0 Å². The minimum Gasteiger partial charge on any atom is -0.464 e. The van der Waals surface area contributed by atoms with Gasteiger partial charge in [0, 0.05) is 6.20 Å². The summed E-state index contributed by atoms with van der Waals surface area (Å²) in [5.41, 5.74) is 0.443. The fraction of sp³-hybridized carbons (Fsp3) is 0.571. The Morgan fingerprint density at radius 1 is 1.26 bits per heavy atom. The minimum absolute atomic E-state index is 0.181. The predicted molar refractivity (Wildman–Crippen MR) is 71.5 cm³/mol. The average Bonchev–Trinajstić information content (AvgIpc) is 2.70. The lowest BCUT2D eigenvalue weighted by Crippen LogP contribution is -2.28. The molecule has 1 rings (SSSR count). The fourth-order valence-corrected chi connectivity index (χ4v) is 1.52. The van der Waals surface area contributed by atoms with E-state index in [-0.39, 0.29) is 11.6 Å². The van der Waals surface area contributed by atoms with Crippen LogP contribution in [0.15, 0.2) is 12.3 Å². The normalized spacial score (nSPS) is 11.5. The van der Waals surface area contributed by atoms with E-state index in [1.54, 1.807) is 33.0 Å². The first kappa shape index (κ1) is 15.3. The Balaban J connectivity index is 3.17. The topological polar surface area (TPSA) is 57.5 Å². The molecule has 0 bridgehead atoms. The van der Waals surface area contributed by atoms with E-state index in [0.29, 0.717) is 0 Å². The first-order valence-corrected chi connectivity index (χ1v) is 6.19. The fourth-order valence-electron chi connectivity index (χ4n) is 1.52. The van der Waals surface area contributed by atoms with Gasteiger partial charge in [0.15, 0.2) is 0 Å². The molecule has 5 nitrogen and oxygen atoms in total. The molecule has 1 aromatic rings. The van der Waals surface area contributed by atoms with Crippen LogP contribution in [0, 0.1) is 0 Å². The van der Waals surface area contributed by atoms with Gasteiger partial charge in [-0.2, -0.15) is 0 Å². The summed E-state index contributed by atoms with van der Waals surface area (Å²) in [5.74, 6) is -0.357. The van der Waals surface area contributed by atoms with Crippen LogP contribution >= 0.6 is 0 Å². The van der Waals surface area contributed by atoms with Gasteiger partial charge in [0.2, 0.25) is 0 Å². The molecule has 0 spiro atoms. The Kier molecular flexibility index (Phi) is 4.39. The number of methoxy groups -OCH3 is 1. The third kappa shape index (κ3) is 3.84. The number of carbonyl (C=O) groups is 2. The van der Waals surface area contributed by atoms with Crippen LogP contribution in [-0.2, 0) is 9.47 Å². The molecule has 0 amide bonds. The Labute approximate surface area is 113 Å². The molecule has 0 atom stereocenters. The van der Waals surface area contributed by atoms with Crippen molar-refractivity contribution in [3.05, 3.63) is 23.5 Å². The van der Waals surface area contributed by atoms with Crippen LogP contribution < -0.4 is 0 Å². The third-order valence-electron chi connectivity index (χ3n) is 2.49.